The van der Waals surface area contributed by atoms with Gasteiger partial charge < -0.3 is 10.4 Å². The highest BCUT2D eigenvalue weighted by Gasteiger charge is 2.38. The quantitative estimate of drug-likeness (QED) is 0.867. The van der Waals surface area contributed by atoms with Gasteiger partial charge in [0.2, 0.25) is 5.91 Å². The predicted molar refractivity (Wildman–Crippen MR) is 80.7 cm³/mol. The van der Waals surface area contributed by atoms with Crippen LogP contribution >= 0.6 is 0 Å². The van der Waals surface area contributed by atoms with E-state index in [-0.39, 0.29) is 5.91 Å². The Morgan fingerprint density at radius 2 is 2.20 bits per heavy atom. The minimum absolute atomic E-state index is 0.0415. The molecule has 3 heteroatoms. The Morgan fingerprint density at radius 3 is 2.95 bits per heavy atom. The summed E-state index contributed by atoms with van der Waals surface area (Å²) in [4.78, 5) is 12.6. The van der Waals surface area contributed by atoms with Crippen LogP contribution in [0.3, 0.4) is 0 Å². The molecular weight excluding hydrogens is 250 g/mol. The maximum absolute atomic E-state index is 12.6. The SMILES string of the molecule is CCCC(O)CNC(=O)C1(C)CCCc2ccccc21. The molecule has 0 fully saturated rings. The molecule has 2 atom stereocenters. The van der Waals surface area contributed by atoms with Gasteiger partial charge in [-0.25, -0.2) is 0 Å². The van der Waals surface area contributed by atoms with E-state index in [2.05, 4.69) is 17.4 Å². The molecule has 1 aromatic carbocycles. The lowest BCUT2D eigenvalue weighted by Gasteiger charge is -2.34. The van der Waals surface area contributed by atoms with Gasteiger partial charge in [-0.1, -0.05) is 37.6 Å². The van der Waals surface area contributed by atoms with Gasteiger partial charge in [0.15, 0.2) is 0 Å². The Kier molecular flexibility index (Phi) is 4.81. The highest BCUT2D eigenvalue weighted by Crippen LogP contribution is 2.37. The van der Waals surface area contributed by atoms with Crippen LogP contribution in [0.2, 0.25) is 0 Å². The number of hydrogen-bond acceptors (Lipinski definition) is 2. The van der Waals surface area contributed by atoms with Crippen LogP contribution < -0.4 is 5.32 Å². The van der Waals surface area contributed by atoms with E-state index in [0.717, 1.165) is 37.7 Å². The van der Waals surface area contributed by atoms with Gasteiger partial charge in [-0.15, -0.1) is 0 Å². The highest BCUT2D eigenvalue weighted by molar-refractivity contribution is 5.88. The third kappa shape index (κ3) is 3.04. The average molecular weight is 275 g/mol. The van der Waals surface area contributed by atoms with Gasteiger partial charge in [0, 0.05) is 6.54 Å². The first-order valence-electron chi connectivity index (χ1n) is 7.62. The Hall–Kier alpha value is -1.35. The second-order valence-electron chi connectivity index (χ2n) is 6.00. The number of hydrogen-bond donors (Lipinski definition) is 2. The van der Waals surface area contributed by atoms with E-state index < -0.39 is 11.5 Å². The van der Waals surface area contributed by atoms with Gasteiger partial charge in [0.1, 0.15) is 0 Å². The van der Waals surface area contributed by atoms with E-state index >= 15 is 0 Å². The number of rotatable bonds is 5. The number of fused-ring (bicyclic) bond motifs is 1. The van der Waals surface area contributed by atoms with Gasteiger partial charge in [-0.2, -0.15) is 0 Å². The number of nitrogens with one attached hydrogen (secondary N) is 1. The highest BCUT2D eigenvalue weighted by atomic mass is 16.3. The van der Waals surface area contributed by atoms with Crippen LogP contribution in [-0.2, 0) is 16.6 Å². The van der Waals surface area contributed by atoms with E-state index in [0.29, 0.717) is 6.54 Å². The molecule has 0 aromatic heterocycles. The van der Waals surface area contributed by atoms with Gasteiger partial charge >= 0.3 is 0 Å². The molecule has 1 aliphatic rings. The van der Waals surface area contributed by atoms with Crippen LogP contribution in [0.5, 0.6) is 0 Å². The summed E-state index contributed by atoms with van der Waals surface area (Å²) in [5.74, 6) is 0.0415. The molecule has 0 aliphatic heterocycles. The van der Waals surface area contributed by atoms with Gasteiger partial charge in [-0.05, 0) is 43.7 Å². The zero-order valence-corrected chi connectivity index (χ0v) is 12.5. The number of aliphatic hydroxyl groups excluding tert-OH is 1. The number of amides is 1. The molecule has 0 radical (unpaired) electrons. The average Bonchev–Trinajstić information content (AvgIpc) is 2.45. The second kappa shape index (κ2) is 6.40. The molecule has 0 saturated carbocycles. The number of carbonyl (C=O) groups excluding carboxylic acids is 1. The van der Waals surface area contributed by atoms with Crippen molar-refractivity contribution in [3.05, 3.63) is 35.4 Å². The third-order valence-electron chi connectivity index (χ3n) is 4.36. The fourth-order valence-electron chi connectivity index (χ4n) is 3.12. The first-order valence-corrected chi connectivity index (χ1v) is 7.62. The molecule has 2 rings (SSSR count). The van der Waals surface area contributed by atoms with Crippen LogP contribution in [0.25, 0.3) is 0 Å². The van der Waals surface area contributed by atoms with E-state index in [9.17, 15) is 9.90 Å². The van der Waals surface area contributed by atoms with Crippen molar-refractivity contribution in [1.29, 1.82) is 0 Å². The van der Waals surface area contributed by atoms with E-state index in [4.69, 9.17) is 0 Å². The van der Waals surface area contributed by atoms with E-state index in [1.165, 1.54) is 5.56 Å². The molecule has 0 bridgehead atoms. The first-order chi connectivity index (χ1) is 9.58. The lowest BCUT2D eigenvalue weighted by Crippen LogP contribution is -2.46. The summed E-state index contributed by atoms with van der Waals surface area (Å²) >= 11 is 0. The maximum Gasteiger partial charge on any atom is 0.230 e. The summed E-state index contributed by atoms with van der Waals surface area (Å²) in [6, 6.07) is 8.22. The lowest BCUT2D eigenvalue weighted by atomic mass is 9.70. The Labute approximate surface area is 121 Å². The molecule has 0 saturated heterocycles. The molecular formula is C17H25NO2. The summed E-state index contributed by atoms with van der Waals surface area (Å²) in [7, 11) is 0. The summed E-state index contributed by atoms with van der Waals surface area (Å²) in [6.45, 7) is 4.40. The Bertz CT molecular complexity index is 472. The molecule has 1 aliphatic carbocycles. The van der Waals surface area contributed by atoms with Crippen molar-refractivity contribution in [3.63, 3.8) is 0 Å². The molecule has 0 heterocycles. The third-order valence-corrected chi connectivity index (χ3v) is 4.36. The van der Waals surface area contributed by atoms with Crippen LogP contribution in [-0.4, -0.2) is 23.7 Å². The number of carbonyl (C=O) groups is 1. The van der Waals surface area contributed by atoms with Crippen molar-refractivity contribution in [2.75, 3.05) is 6.54 Å². The van der Waals surface area contributed by atoms with Crippen molar-refractivity contribution in [1.82, 2.24) is 5.32 Å². The second-order valence-corrected chi connectivity index (χ2v) is 6.00. The monoisotopic (exact) mass is 275 g/mol. The smallest absolute Gasteiger partial charge is 0.230 e. The molecule has 3 nitrogen and oxygen atoms in total. The Morgan fingerprint density at radius 1 is 1.45 bits per heavy atom. The predicted octanol–water partition coefficient (Wildman–Crippen LogP) is 2.56. The first kappa shape index (κ1) is 15.0. The summed E-state index contributed by atoms with van der Waals surface area (Å²) in [5.41, 5.74) is 1.97. The topological polar surface area (TPSA) is 49.3 Å². The van der Waals surface area contributed by atoms with E-state index in [1.807, 2.05) is 26.0 Å². The molecule has 1 aromatic rings. The van der Waals surface area contributed by atoms with Gasteiger partial charge in [0.25, 0.3) is 0 Å². The lowest BCUT2D eigenvalue weighted by molar-refractivity contribution is -0.127. The van der Waals surface area contributed by atoms with Crippen LogP contribution in [0.1, 0.15) is 50.7 Å². The van der Waals surface area contributed by atoms with Crippen molar-refractivity contribution in [3.8, 4) is 0 Å². The summed E-state index contributed by atoms with van der Waals surface area (Å²) in [5, 5.41) is 12.7. The number of aliphatic hydroxyl groups is 1. The minimum Gasteiger partial charge on any atom is -0.391 e. The Balaban J connectivity index is 2.09. The molecule has 0 spiro atoms. The van der Waals surface area contributed by atoms with Crippen LogP contribution in [0, 0.1) is 0 Å². The zero-order valence-electron chi connectivity index (χ0n) is 12.5. The van der Waals surface area contributed by atoms with Crippen molar-refractivity contribution < 1.29 is 9.90 Å². The van der Waals surface area contributed by atoms with Crippen LogP contribution in [0.15, 0.2) is 24.3 Å². The van der Waals surface area contributed by atoms with Crippen molar-refractivity contribution in [2.24, 2.45) is 0 Å². The normalized spacial score (nSPS) is 22.9. The largest absolute Gasteiger partial charge is 0.391 e. The fraction of sp³-hybridized carbons (Fsp3) is 0.588. The fourth-order valence-corrected chi connectivity index (χ4v) is 3.12. The van der Waals surface area contributed by atoms with Crippen molar-refractivity contribution >= 4 is 5.91 Å². The summed E-state index contributed by atoms with van der Waals surface area (Å²) < 4.78 is 0. The molecule has 20 heavy (non-hydrogen) atoms. The van der Waals surface area contributed by atoms with E-state index in [1.54, 1.807) is 0 Å². The minimum atomic E-state index is -0.458. The number of aryl methyl sites for hydroxylation is 1. The number of benzene rings is 1. The summed E-state index contributed by atoms with van der Waals surface area (Å²) in [6.07, 6.45) is 4.19. The van der Waals surface area contributed by atoms with Gasteiger partial charge in [-0.3, -0.25) is 4.79 Å². The molecule has 1 amide bonds. The maximum atomic E-state index is 12.6. The van der Waals surface area contributed by atoms with Gasteiger partial charge in [0.05, 0.1) is 11.5 Å². The van der Waals surface area contributed by atoms with Crippen LogP contribution in [0.4, 0.5) is 0 Å². The standard InChI is InChI=1S/C17H25NO2/c1-3-7-14(19)12-18-16(20)17(2)11-6-9-13-8-4-5-10-15(13)17/h4-5,8,10,14,19H,3,6-7,9,11-12H2,1-2H3,(H,18,20). The zero-order chi connectivity index (χ0) is 14.6. The molecule has 2 N–H and O–H groups in total. The molecule has 2 unspecified atom stereocenters. The molecule has 110 valence electrons. The van der Waals surface area contributed by atoms with Crippen molar-refractivity contribution in [2.45, 2.75) is 57.5 Å².